The molecule has 3 heteroatoms. The maximum absolute atomic E-state index is 10.8. The van der Waals surface area contributed by atoms with E-state index in [4.69, 9.17) is 0 Å². The Hall–Kier alpha value is 0.439. The maximum atomic E-state index is 10.8. The van der Waals surface area contributed by atoms with Gasteiger partial charge < -0.3 is 0 Å². The van der Waals surface area contributed by atoms with Crippen molar-refractivity contribution in [1.29, 1.82) is 0 Å². The first-order chi connectivity index (χ1) is 7.62. The summed E-state index contributed by atoms with van der Waals surface area (Å²) in [5.41, 5.74) is 0. The number of rotatable bonds is 0. The predicted octanol–water partition coefficient (Wildman–Crippen LogP) is 1.85. The van der Waals surface area contributed by atoms with E-state index in [9.17, 15) is 10.2 Å². The van der Waals surface area contributed by atoms with Gasteiger partial charge in [0.15, 0.2) is 0 Å². The molecule has 3 rings (SSSR count). The Bertz CT molecular complexity index is 257. The predicted molar refractivity (Wildman–Crippen MR) is 64.2 cm³/mol. The second-order valence-corrected chi connectivity index (χ2v) is 9.31. The molecule has 1 saturated heterocycles. The quantitative estimate of drug-likeness (QED) is 0.668. The fourth-order valence-electron chi connectivity index (χ4n) is 3.92. The Balaban J connectivity index is 1.84. The summed E-state index contributed by atoms with van der Waals surface area (Å²) < 4.78 is -0.929. The van der Waals surface area contributed by atoms with Gasteiger partial charge in [0.1, 0.15) is 0 Å². The van der Waals surface area contributed by atoms with Gasteiger partial charge in [-0.2, -0.15) is 0 Å². The minimum atomic E-state index is -0.464. The molecule has 0 bridgehead atoms. The monoisotopic (exact) mass is 290 g/mol. The van der Waals surface area contributed by atoms with Gasteiger partial charge in [-0.1, -0.05) is 0 Å². The molecule has 1 aliphatic heterocycles. The number of hydrogen-bond acceptors (Lipinski definition) is 2. The second-order valence-electron chi connectivity index (χ2n) is 5.91. The molecule has 0 aromatic carbocycles. The molecule has 92 valence electrons. The van der Waals surface area contributed by atoms with Crippen LogP contribution in [0.15, 0.2) is 0 Å². The van der Waals surface area contributed by atoms with Crippen LogP contribution in [0.5, 0.6) is 0 Å². The molecule has 0 amide bonds. The van der Waals surface area contributed by atoms with Gasteiger partial charge in [0.05, 0.1) is 0 Å². The molecule has 0 aromatic heterocycles. The van der Waals surface area contributed by atoms with E-state index >= 15 is 0 Å². The van der Waals surface area contributed by atoms with Crippen LogP contribution in [0.4, 0.5) is 0 Å². The Morgan fingerprint density at radius 3 is 1.81 bits per heavy atom. The molecule has 4 atom stereocenters. The van der Waals surface area contributed by atoms with Crippen LogP contribution < -0.4 is 0 Å². The molecular formula is C13H22O2Se. The fourth-order valence-corrected chi connectivity index (χ4v) is 7.84. The van der Waals surface area contributed by atoms with Crippen molar-refractivity contribution in [3.05, 3.63) is 0 Å². The summed E-state index contributed by atoms with van der Waals surface area (Å²) in [7, 11) is 0. The molecule has 16 heavy (non-hydrogen) atoms. The van der Waals surface area contributed by atoms with Crippen molar-refractivity contribution in [3.8, 4) is 0 Å². The third kappa shape index (κ3) is 1.77. The Kier molecular flexibility index (Phi) is 2.87. The molecular weight excluding hydrogens is 267 g/mol. The van der Waals surface area contributed by atoms with Crippen molar-refractivity contribution >= 4 is 15.0 Å². The average molecular weight is 289 g/mol. The van der Waals surface area contributed by atoms with Crippen LogP contribution in [0.25, 0.3) is 0 Å². The SMILES string of the molecule is OC12CCCCC1CC1CCCCC1(O)[Se]2. The van der Waals surface area contributed by atoms with Gasteiger partial charge in [-0.05, 0) is 0 Å². The molecule has 4 unspecified atom stereocenters. The topological polar surface area (TPSA) is 40.5 Å². The van der Waals surface area contributed by atoms with E-state index in [0.29, 0.717) is 11.8 Å². The first-order valence-electron chi connectivity index (χ1n) is 6.77. The summed E-state index contributed by atoms with van der Waals surface area (Å²) in [5, 5.41) is 21.5. The van der Waals surface area contributed by atoms with Gasteiger partial charge in [0.2, 0.25) is 0 Å². The standard InChI is InChI=1S/C13H22O2Se/c14-12-7-3-1-5-10(12)9-11-6-2-4-8-13(11,15)16-12/h10-11,14-15H,1-9H2. The van der Waals surface area contributed by atoms with Gasteiger partial charge >= 0.3 is 104 Å². The van der Waals surface area contributed by atoms with Gasteiger partial charge in [-0.3, -0.25) is 0 Å². The molecule has 2 saturated carbocycles. The zero-order chi connectivity index (χ0) is 11.2. The van der Waals surface area contributed by atoms with Crippen LogP contribution in [0.2, 0.25) is 0 Å². The zero-order valence-electron chi connectivity index (χ0n) is 9.82. The number of aliphatic hydroxyl groups is 2. The number of fused-ring (bicyclic) bond motifs is 2. The second kappa shape index (κ2) is 3.98. The van der Waals surface area contributed by atoms with Crippen molar-refractivity contribution in [2.45, 2.75) is 66.8 Å². The van der Waals surface area contributed by atoms with Crippen molar-refractivity contribution < 1.29 is 10.2 Å². The molecule has 2 aliphatic carbocycles. The Morgan fingerprint density at radius 2 is 1.31 bits per heavy atom. The summed E-state index contributed by atoms with van der Waals surface area (Å²) in [6.45, 7) is 0. The van der Waals surface area contributed by atoms with Gasteiger partial charge in [-0.15, -0.1) is 0 Å². The number of hydrogen-bond donors (Lipinski definition) is 2. The molecule has 3 fully saturated rings. The van der Waals surface area contributed by atoms with Crippen molar-refractivity contribution in [3.63, 3.8) is 0 Å². The van der Waals surface area contributed by atoms with Gasteiger partial charge in [-0.25, -0.2) is 0 Å². The molecule has 0 spiro atoms. The van der Waals surface area contributed by atoms with E-state index < -0.39 is 9.00 Å². The molecule has 0 aromatic rings. The zero-order valence-corrected chi connectivity index (χ0v) is 11.5. The van der Waals surface area contributed by atoms with E-state index in [0.717, 1.165) is 32.1 Å². The van der Waals surface area contributed by atoms with Crippen molar-refractivity contribution in [1.82, 2.24) is 0 Å². The normalized spacial score (nSPS) is 52.9. The molecule has 2 nitrogen and oxygen atoms in total. The molecule has 2 N–H and O–H groups in total. The molecule has 1 heterocycles. The third-order valence-electron chi connectivity index (χ3n) is 4.87. The third-order valence-corrected chi connectivity index (χ3v) is 8.61. The van der Waals surface area contributed by atoms with Gasteiger partial charge in [0.25, 0.3) is 0 Å². The first kappa shape index (κ1) is 11.5. The summed E-state index contributed by atoms with van der Waals surface area (Å²) >= 11 is 0.0222. The van der Waals surface area contributed by atoms with Crippen LogP contribution in [0, 0.1) is 11.8 Å². The van der Waals surface area contributed by atoms with E-state index in [-0.39, 0.29) is 15.0 Å². The Morgan fingerprint density at radius 1 is 0.812 bits per heavy atom. The van der Waals surface area contributed by atoms with Crippen LogP contribution >= 0.6 is 0 Å². The van der Waals surface area contributed by atoms with E-state index in [1.165, 1.54) is 25.7 Å². The summed E-state index contributed by atoms with van der Waals surface area (Å²) in [4.78, 5) is 0. The van der Waals surface area contributed by atoms with Crippen LogP contribution in [0.3, 0.4) is 0 Å². The molecule has 0 radical (unpaired) electrons. The van der Waals surface area contributed by atoms with E-state index in [1.54, 1.807) is 0 Å². The van der Waals surface area contributed by atoms with E-state index in [2.05, 4.69) is 0 Å². The summed E-state index contributed by atoms with van der Waals surface area (Å²) in [6.07, 6.45) is 10.3. The first-order valence-corrected chi connectivity index (χ1v) is 8.49. The summed E-state index contributed by atoms with van der Waals surface area (Å²) in [5.74, 6) is 1.01. The van der Waals surface area contributed by atoms with E-state index in [1.807, 2.05) is 0 Å². The van der Waals surface area contributed by atoms with Crippen LogP contribution in [-0.2, 0) is 0 Å². The van der Waals surface area contributed by atoms with Crippen molar-refractivity contribution in [2.75, 3.05) is 0 Å². The van der Waals surface area contributed by atoms with Crippen molar-refractivity contribution in [2.24, 2.45) is 11.8 Å². The summed E-state index contributed by atoms with van der Waals surface area (Å²) in [6, 6.07) is 0. The van der Waals surface area contributed by atoms with Crippen LogP contribution in [-0.4, -0.2) is 34.2 Å². The molecule has 3 aliphatic rings. The fraction of sp³-hybridized carbons (Fsp3) is 1.00. The van der Waals surface area contributed by atoms with Gasteiger partial charge in [0, 0.05) is 0 Å². The Labute approximate surface area is 104 Å². The minimum absolute atomic E-state index is 0.0222. The average Bonchev–Trinajstić information content (AvgIpc) is 2.24. The van der Waals surface area contributed by atoms with Crippen LogP contribution in [0.1, 0.15) is 57.8 Å².